The molecular weight excluding hydrogens is 294 g/mol. The molecule has 1 amide bonds. The maximum absolute atomic E-state index is 12.2. The molecule has 0 aliphatic carbocycles. The topological polar surface area (TPSA) is 70.6 Å². The van der Waals surface area contributed by atoms with Crippen LogP contribution in [-0.2, 0) is 9.53 Å². The van der Waals surface area contributed by atoms with Crippen molar-refractivity contribution in [3.8, 4) is 0 Å². The summed E-state index contributed by atoms with van der Waals surface area (Å²) in [5, 5.41) is 11.5. The average molecular weight is 319 g/mol. The third-order valence-electron chi connectivity index (χ3n) is 4.48. The molecule has 2 aliphatic heterocycles. The molecule has 0 aromatic carbocycles. The van der Waals surface area contributed by atoms with Crippen LogP contribution in [0.5, 0.6) is 0 Å². The number of carbonyl (C=O) groups is 1. The van der Waals surface area contributed by atoms with Gasteiger partial charge in [0.1, 0.15) is 0 Å². The Labute approximate surface area is 137 Å². The third-order valence-corrected chi connectivity index (χ3v) is 4.48. The van der Waals surface area contributed by atoms with Gasteiger partial charge in [0.2, 0.25) is 5.91 Å². The molecule has 0 saturated carbocycles. The smallest absolute Gasteiger partial charge is 0.236 e. The van der Waals surface area contributed by atoms with Crippen molar-refractivity contribution in [1.29, 1.82) is 0 Å². The summed E-state index contributed by atoms with van der Waals surface area (Å²) in [5.74, 6) is 1.08. The lowest BCUT2D eigenvalue weighted by atomic mass is 10.2. The molecule has 0 bridgehead atoms. The summed E-state index contributed by atoms with van der Waals surface area (Å²) in [7, 11) is 0. The number of anilines is 1. The summed E-state index contributed by atoms with van der Waals surface area (Å²) < 4.78 is 5.47. The predicted molar refractivity (Wildman–Crippen MR) is 87.3 cm³/mol. The van der Waals surface area contributed by atoms with Crippen molar-refractivity contribution in [2.75, 3.05) is 44.2 Å². The first kappa shape index (κ1) is 16.1. The number of rotatable bonds is 5. The van der Waals surface area contributed by atoms with Crippen molar-refractivity contribution in [2.24, 2.45) is 0 Å². The fourth-order valence-electron chi connectivity index (χ4n) is 3.30. The van der Waals surface area contributed by atoms with Gasteiger partial charge in [0.15, 0.2) is 5.82 Å². The van der Waals surface area contributed by atoms with Crippen LogP contribution < -0.4 is 10.2 Å². The molecule has 0 unspecified atom stereocenters. The van der Waals surface area contributed by atoms with Crippen LogP contribution in [0.1, 0.15) is 19.8 Å². The lowest BCUT2D eigenvalue weighted by Crippen LogP contribution is -2.49. The lowest BCUT2D eigenvalue weighted by molar-refractivity contribution is -0.137. The monoisotopic (exact) mass is 319 g/mol. The van der Waals surface area contributed by atoms with Crippen molar-refractivity contribution < 1.29 is 9.53 Å². The van der Waals surface area contributed by atoms with Crippen LogP contribution in [0.2, 0.25) is 0 Å². The second-order valence-electron chi connectivity index (χ2n) is 6.22. The van der Waals surface area contributed by atoms with Crippen molar-refractivity contribution in [2.45, 2.75) is 31.9 Å². The Kier molecular flexibility index (Phi) is 5.40. The first-order valence-electron chi connectivity index (χ1n) is 8.38. The average Bonchev–Trinajstić information content (AvgIpc) is 3.04. The molecule has 7 heteroatoms. The van der Waals surface area contributed by atoms with E-state index in [1.54, 1.807) is 6.20 Å². The van der Waals surface area contributed by atoms with Crippen molar-refractivity contribution in [3.63, 3.8) is 0 Å². The maximum atomic E-state index is 12.2. The van der Waals surface area contributed by atoms with Crippen LogP contribution in [0.4, 0.5) is 5.82 Å². The van der Waals surface area contributed by atoms with Gasteiger partial charge in [-0.2, -0.15) is 5.10 Å². The zero-order valence-corrected chi connectivity index (χ0v) is 13.6. The highest BCUT2D eigenvalue weighted by atomic mass is 16.5. The van der Waals surface area contributed by atoms with E-state index in [1.807, 2.05) is 24.0 Å². The molecule has 2 atom stereocenters. The molecule has 23 heavy (non-hydrogen) atoms. The summed E-state index contributed by atoms with van der Waals surface area (Å²) >= 11 is 0. The van der Waals surface area contributed by atoms with Gasteiger partial charge in [-0.1, -0.05) is 0 Å². The molecule has 2 fully saturated rings. The fraction of sp³-hybridized carbons (Fsp3) is 0.688. The van der Waals surface area contributed by atoms with Crippen LogP contribution in [0.15, 0.2) is 18.3 Å². The van der Waals surface area contributed by atoms with E-state index in [2.05, 4.69) is 20.4 Å². The number of morpholine rings is 1. The number of ether oxygens (including phenoxy) is 1. The first-order valence-corrected chi connectivity index (χ1v) is 8.38. The van der Waals surface area contributed by atoms with E-state index in [1.165, 1.54) is 0 Å². The fourth-order valence-corrected chi connectivity index (χ4v) is 3.30. The van der Waals surface area contributed by atoms with E-state index >= 15 is 0 Å². The van der Waals surface area contributed by atoms with Crippen LogP contribution >= 0.6 is 0 Å². The van der Waals surface area contributed by atoms with Crippen molar-refractivity contribution in [3.05, 3.63) is 18.3 Å². The highest BCUT2D eigenvalue weighted by Crippen LogP contribution is 2.22. The van der Waals surface area contributed by atoms with Crippen LogP contribution in [0, 0.1) is 0 Å². The number of aromatic nitrogens is 2. The van der Waals surface area contributed by atoms with Gasteiger partial charge in [-0.3, -0.25) is 4.79 Å². The molecule has 7 nitrogen and oxygen atoms in total. The van der Waals surface area contributed by atoms with Crippen LogP contribution in [0.3, 0.4) is 0 Å². The van der Waals surface area contributed by atoms with Gasteiger partial charge in [0.25, 0.3) is 0 Å². The standard InChI is InChI=1S/C16H25N5O2/c1-13-12-20(8-9-23-13)16(22)11-17-10-14-4-3-7-21(14)15-5-2-6-18-19-15/h2,5-6,13-14,17H,3-4,7-12H2,1H3/t13-,14+/m1/s1. The molecule has 0 spiro atoms. The van der Waals surface area contributed by atoms with Gasteiger partial charge in [0, 0.05) is 38.4 Å². The van der Waals surface area contributed by atoms with Crippen LogP contribution in [-0.4, -0.2) is 72.5 Å². The number of hydrogen-bond acceptors (Lipinski definition) is 6. The largest absolute Gasteiger partial charge is 0.375 e. The number of nitrogens with one attached hydrogen (secondary N) is 1. The predicted octanol–water partition coefficient (Wildman–Crippen LogP) is 0.282. The van der Waals surface area contributed by atoms with Crippen LogP contribution in [0.25, 0.3) is 0 Å². The van der Waals surface area contributed by atoms with Gasteiger partial charge in [-0.25, -0.2) is 0 Å². The minimum absolute atomic E-state index is 0.134. The zero-order valence-electron chi connectivity index (χ0n) is 13.6. The van der Waals surface area contributed by atoms with Gasteiger partial charge < -0.3 is 19.9 Å². The Morgan fingerprint density at radius 1 is 1.48 bits per heavy atom. The molecule has 1 aromatic heterocycles. The number of amides is 1. The third kappa shape index (κ3) is 4.17. The molecule has 1 N–H and O–H groups in total. The molecule has 3 rings (SSSR count). The lowest BCUT2D eigenvalue weighted by Gasteiger charge is -2.31. The van der Waals surface area contributed by atoms with Gasteiger partial charge in [0.05, 0.1) is 19.3 Å². The quantitative estimate of drug-likeness (QED) is 0.841. The van der Waals surface area contributed by atoms with Crippen molar-refractivity contribution in [1.82, 2.24) is 20.4 Å². The molecule has 2 aliphatic rings. The van der Waals surface area contributed by atoms with Gasteiger partial charge in [-0.15, -0.1) is 5.10 Å². The Morgan fingerprint density at radius 2 is 2.39 bits per heavy atom. The van der Waals surface area contributed by atoms with E-state index in [0.717, 1.165) is 31.7 Å². The van der Waals surface area contributed by atoms with Gasteiger partial charge in [-0.05, 0) is 31.9 Å². The minimum atomic E-state index is 0.134. The Hall–Kier alpha value is -1.73. The summed E-state index contributed by atoms with van der Waals surface area (Å²) in [4.78, 5) is 16.4. The number of carbonyl (C=O) groups excluding carboxylic acids is 1. The van der Waals surface area contributed by atoms with E-state index in [4.69, 9.17) is 4.74 Å². The summed E-state index contributed by atoms with van der Waals surface area (Å²) in [6, 6.07) is 4.28. The molecular formula is C16H25N5O2. The number of hydrogen-bond donors (Lipinski definition) is 1. The van der Waals surface area contributed by atoms with Gasteiger partial charge >= 0.3 is 0 Å². The van der Waals surface area contributed by atoms with Crippen molar-refractivity contribution >= 4 is 11.7 Å². The molecule has 126 valence electrons. The summed E-state index contributed by atoms with van der Waals surface area (Å²) in [6.45, 7) is 6.20. The Bertz CT molecular complexity index is 512. The zero-order chi connectivity index (χ0) is 16.1. The number of nitrogens with zero attached hydrogens (tertiary/aromatic N) is 4. The molecule has 3 heterocycles. The maximum Gasteiger partial charge on any atom is 0.236 e. The normalized spacial score (nSPS) is 24.9. The van der Waals surface area contributed by atoms with E-state index in [-0.39, 0.29) is 12.0 Å². The Morgan fingerprint density at radius 3 is 3.17 bits per heavy atom. The minimum Gasteiger partial charge on any atom is -0.375 e. The molecule has 2 saturated heterocycles. The highest BCUT2D eigenvalue weighted by molar-refractivity contribution is 5.78. The molecule has 1 aromatic rings. The highest BCUT2D eigenvalue weighted by Gasteiger charge is 2.26. The summed E-state index contributed by atoms with van der Waals surface area (Å²) in [6.07, 6.45) is 4.09. The summed E-state index contributed by atoms with van der Waals surface area (Å²) in [5.41, 5.74) is 0. The van der Waals surface area contributed by atoms with E-state index in [0.29, 0.717) is 32.3 Å². The van der Waals surface area contributed by atoms with E-state index < -0.39 is 0 Å². The van der Waals surface area contributed by atoms with E-state index in [9.17, 15) is 4.79 Å². The second kappa shape index (κ2) is 7.70. The SMILES string of the molecule is C[C@@H]1CN(C(=O)CNC[C@@H]2CCCN2c2cccnn2)CCO1. The Balaban J connectivity index is 1.45. The second-order valence-corrected chi connectivity index (χ2v) is 6.22. The molecule has 0 radical (unpaired) electrons. The first-order chi connectivity index (χ1) is 11.2.